The molecule has 0 saturated carbocycles. The highest BCUT2D eigenvalue weighted by Crippen LogP contribution is 2.19. The molecule has 1 aliphatic rings. The largest absolute Gasteiger partial charge is 0.420 e. The Labute approximate surface area is 95.1 Å². The molecular weight excluding hydrogens is 195 g/mol. The lowest BCUT2D eigenvalue weighted by Gasteiger charge is -2.19. The van der Waals surface area contributed by atoms with Crippen LogP contribution in [0.15, 0.2) is 54.8 Å². The second-order valence-corrected chi connectivity index (χ2v) is 3.85. The van der Waals surface area contributed by atoms with Gasteiger partial charge in [-0.05, 0) is 6.07 Å². The van der Waals surface area contributed by atoms with Gasteiger partial charge in [0.05, 0.1) is 0 Å². The first-order valence-electron chi connectivity index (χ1n) is 5.37. The predicted molar refractivity (Wildman–Crippen MR) is 68.7 cm³/mol. The minimum Gasteiger partial charge on any atom is -0.420 e. The molecule has 16 heavy (non-hydrogen) atoms. The van der Waals surface area contributed by atoms with E-state index in [1.807, 2.05) is 24.5 Å². The fourth-order valence-corrected chi connectivity index (χ4v) is 1.94. The molecule has 0 atom stereocenters. The number of rotatable bonds is 1. The summed E-state index contributed by atoms with van der Waals surface area (Å²) in [6.45, 7) is 0.260. The lowest BCUT2D eigenvalue weighted by atomic mass is 9.54. The van der Waals surface area contributed by atoms with Crippen molar-refractivity contribution in [3.63, 3.8) is 0 Å². The zero-order chi connectivity index (χ0) is 10.8. The molecule has 0 saturated heterocycles. The fourth-order valence-electron chi connectivity index (χ4n) is 1.94. The molecule has 2 heterocycles. The van der Waals surface area contributed by atoms with Crippen LogP contribution in [-0.2, 0) is 0 Å². The number of fused-ring (bicyclic) bond motifs is 1. The molecule has 0 unspecified atom stereocenters. The molecule has 0 amide bonds. The highest BCUT2D eigenvalue weighted by Gasteiger charge is 2.18. The van der Waals surface area contributed by atoms with Crippen LogP contribution in [0.2, 0.25) is 0 Å². The molecule has 0 spiro atoms. The van der Waals surface area contributed by atoms with Crippen molar-refractivity contribution in [3.8, 4) is 0 Å². The Bertz CT molecular complexity index is 522. The Balaban J connectivity index is 1.95. The molecule has 1 N–H and O–H groups in total. The molecule has 0 aliphatic carbocycles. The molecule has 3 heteroatoms. The van der Waals surface area contributed by atoms with E-state index in [4.69, 9.17) is 0 Å². The molecule has 0 fully saturated rings. The maximum atomic E-state index is 4.10. The topological polar surface area (TPSA) is 24.9 Å². The van der Waals surface area contributed by atoms with Crippen molar-refractivity contribution in [2.24, 2.45) is 0 Å². The number of benzene rings is 1. The normalized spacial score (nSPS) is 13.1. The van der Waals surface area contributed by atoms with Gasteiger partial charge in [0.25, 0.3) is 0 Å². The lowest BCUT2D eigenvalue weighted by Crippen LogP contribution is -2.38. The summed E-state index contributed by atoms with van der Waals surface area (Å²) in [4.78, 5) is 4.10. The molecule has 0 bridgehead atoms. The van der Waals surface area contributed by atoms with Gasteiger partial charge in [-0.3, -0.25) is 4.98 Å². The summed E-state index contributed by atoms with van der Waals surface area (Å²) in [6.07, 6.45) is 5.81. The second-order valence-electron chi connectivity index (χ2n) is 3.85. The van der Waals surface area contributed by atoms with Gasteiger partial charge in [-0.15, -0.1) is 0 Å². The summed E-state index contributed by atoms with van der Waals surface area (Å²) in [6, 6.07) is 12.4. The minimum absolute atomic E-state index is 0.260. The van der Waals surface area contributed by atoms with Crippen molar-refractivity contribution < 1.29 is 0 Å². The summed E-state index contributed by atoms with van der Waals surface area (Å²) in [7, 11) is 0. The number of anilines is 1. The van der Waals surface area contributed by atoms with Gasteiger partial charge in [0, 0.05) is 23.6 Å². The smallest absolute Gasteiger partial charge is 0.313 e. The van der Waals surface area contributed by atoms with Gasteiger partial charge in [-0.1, -0.05) is 47.8 Å². The van der Waals surface area contributed by atoms with Gasteiger partial charge in [0.2, 0.25) is 0 Å². The van der Waals surface area contributed by atoms with Crippen molar-refractivity contribution in [3.05, 3.63) is 60.3 Å². The number of nitrogens with zero attached hydrogens (tertiary/aromatic N) is 1. The van der Waals surface area contributed by atoms with Crippen LogP contribution in [0, 0.1) is 0 Å². The number of hydrogen-bond donors (Lipinski definition) is 1. The van der Waals surface area contributed by atoms with E-state index in [2.05, 4.69) is 46.5 Å². The van der Waals surface area contributed by atoms with E-state index in [1.165, 1.54) is 5.46 Å². The Kier molecular flexibility index (Phi) is 2.22. The van der Waals surface area contributed by atoms with Crippen LogP contribution < -0.4 is 10.7 Å². The van der Waals surface area contributed by atoms with E-state index >= 15 is 0 Å². The van der Waals surface area contributed by atoms with Gasteiger partial charge in [0.1, 0.15) is 0 Å². The van der Waals surface area contributed by atoms with E-state index in [0.717, 1.165) is 11.3 Å². The summed E-state index contributed by atoms with van der Waals surface area (Å²) < 4.78 is 0. The number of nitrogens with one attached hydrogen (secondary N) is 1. The second kappa shape index (κ2) is 3.85. The van der Waals surface area contributed by atoms with Crippen molar-refractivity contribution in [1.29, 1.82) is 0 Å². The Morgan fingerprint density at radius 2 is 1.94 bits per heavy atom. The van der Waals surface area contributed by atoms with Crippen LogP contribution in [0.4, 0.5) is 5.69 Å². The van der Waals surface area contributed by atoms with Crippen LogP contribution >= 0.6 is 0 Å². The Morgan fingerprint density at radius 3 is 2.81 bits per heavy atom. The first-order chi connectivity index (χ1) is 7.93. The average molecular weight is 206 g/mol. The maximum absolute atomic E-state index is 4.10. The minimum atomic E-state index is 0.260. The molecule has 1 aliphatic heterocycles. The Morgan fingerprint density at radius 1 is 1.06 bits per heavy atom. The van der Waals surface area contributed by atoms with E-state index in [9.17, 15) is 0 Å². The molecule has 3 rings (SSSR count). The van der Waals surface area contributed by atoms with E-state index in [1.54, 1.807) is 0 Å². The van der Waals surface area contributed by atoms with Gasteiger partial charge in [0.15, 0.2) is 0 Å². The van der Waals surface area contributed by atoms with Crippen molar-refractivity contribution in [2.45, 2.75) is 0 Å². The van der Waals surface area contributed by atoms with Crippen molar-refractivity contribution in [2.75, 3.05) is 5.23 Å². The van der Waals surface area contributed by atoms with E-state index < -0.39 is 0 Å². The van der Waals surface area contributed by atoms with Gasteiger partial charge >= 0.3 is 6.85 Å². The molecule has 76 valence electrons. The number of aromatic nitrogens is 1. The zero-order valence-corrected chi connectivity index (χ0v) is 8.80. The number of pyridine rings is 1. The van der Waals surface area contributed by atoms with Crippen LogP contribution in [0.1, 0.15) is 5.56 Å². The van der Waals surface area contributed by atoms with Gasteiger partial charge in [-0.2, -0.15) is 0 Å². The van der Waals surface area contributed by atoms with E-state index in [0.29, 0.717) is 0 Å². The highest BCUT2D eigenvalue weighted by atomic mass is 14.8. The third-order valence-electron chi connectivity index (χ3n) is 2.79. The SMILES string of the molecule is C1=Cc2cnccc2NB1c1ccccc1. The zero-order valence-electron chi connectivity index (χ0n) is 8.80. The summed E-state index contributed by atoms with van der Waals surface area (Å²) in [5.74, 6) is 2.17. The lowest BCUT2D eigenvalue weighted by molar-refractivity contribution is 1.32. The van der Waals surface area contributed by atoms with Gasteiger partial charge < -0.3 is 5.23 Å². The first-order valence-corrected chi connectivity index (χ1v) is 5.37. The number of hydrogen-bond acceptors (Lipinski definition) is 2. The summed E-state index contributed by atoms with van der Waals surface area (Å²) in [5.41, 5.74) is 3.57. The van der Waals surface area contributed by atoms with Crippen LogP contribution in [-0.4, -0.2) is 11.8 Å². The Hall–Kier alpha value is -2.03. The third kappa shape index (κ3) is 1.61. The van der Waals surface area contributed by atoms with Crippen LogP contribution in [0.3, 0.4) is 0 Å². The molecule has 1 aromatic heterocycles. The van der Waals surface area contributed by atoms with Crippen molar-refractivity contribution >= 4 is 24.1 Å². The summed E-state index contributed by atoms with van der Waals surface area (Å²) in [5, 5.41) is 3.49. The van der Waals surface area contributed by atoms with Crippen LogP contribution in [0.5, 0.6) is 0 Å². The monoisotopic (exact) mass is 206 g/mol. The molecule has 0 radical (unpaired) electrons. The van der Waals surface area contributed by atoms with Crippen molar-refractivity contribution in [1.82, 2.24) is 4.98 Å². The molecular formula is C13H11BN2. The first kappa shape index (κ1) is 9.22. The fraction of sp³-hybridized carbons (Fsp3) is 0. The predicted octanol–water partition coefficient (Wildman–Crippen LogP) is 1.96. The van der Waals surface area contributed by atoms with Gasteiger partial charge in [-0.25, -0.2) is 0 Å². The third-order valence-corrected chi connectivity index (χ3v) is 2.79. The maximum Gasteiger partial charge on any atom is 0.313 e. The highest BCUT2D eigenvalue weighted by molar-refractivity contribution is 6.81. The molecule has 2 aromatic rings. The summed E-state index contributed by atoms with van der Waals surface area (Å²) >= 11 is 0. The molecule has 1 aromatic carbocycles. The van der Waals surface area contributed by atoms with E-state index in [-0.39, 0.29) is 6.85 Å². The molecule has 2 nitrogen and oxygen atoms in total. The quantitative estimate of drug-likeness (QED) is 0.721. The standard InChI is InChI=1S/C13H11BN2/c1-2-4-12(5-3-1)14-8-6-11-10-15-9-7-13(11)16-14/h1-10,16H. The average Bonchev–Trinajstić information content (AvgIpc) is 2.39. The van der Waals surface area contributed by atoms with Crippen LogP contribution in [0.25, 0.3) is 6.08 Å².